The number of amides is 1. The Morgan fingerprint density at radius 1 is 1.37 bits per heavy atom. The van der Waals surface area contributed by atoms with Gasteiger partial charge in [0.05, 0.1) is 30.3 Å². The highest BCUT2D eigenvalue weighted by atomic mass is 35.5. The normalized spacial score (nSPS) is 11.1. The maximum atomic E-state index is 12.4. The standard InChI is InChI=1S/C17H18ClN5O3S/c1-25-8-7-23(10-14(24)20-12-4-2-6-19-16(12)18)11-15-21-22-17(26-15)13-5-3-9-27-13/h2-6,9H,7-8,10-11H2,1H3,(H,20,24). The number of aromatic nitrogens is 3. The van der Waals surface area contributed by atoms with E-state index in [1.165, 1.54) is 11.3 Å². The van der Waals surface area contributed by atoms with Crippen LogP contribution in [0.2, 0.25) is 5.15 Å². The molecule has 8 nitrogen and oxygen atoms in total. The summed E-state index contributed by atoms with van der Waals surface area (Å²) in [6, 6.07) is 7.23. The fourth-order valence-electron chi connectivity index (χ4n) is 2.32. The van der Waals surface area contributed by atoms with Crippen molar-refractivity contribution in [1.82, 2.24) is 20.1 Å². The van der Waals surface area contributed by atoms with Gasteiger partial charge in [-0.1, -0.05) is 17.7 Å². The minimum Gasteiger partial charge on any atom is -0.419 e. The third-order valence-corrected chi connectivity index (χ3v) is 4.73. The van der Waals surface area contributed by atoms with Crippen molar-refractivity contribution in [2.75, 3.05) is 32.1 Å². The molecule has 1 N–H and O–H groups in total. The fraction of sp³-hybridized carbons (Fsp3) is 0.294. The number of halogens is 1. The van der Waals surface area contributed by atoms with Crippen LogP contribution in [0.3, 0.4) is 0 Å². The van der Waals surface area contributed by atoms with E-state index in [1.807, 2.05) is 22.4 Å². The van der Waals surface area contributed by atoms with Crippen LogP contribution in [0.25, 0.3) is 10.8 Å². The van der Waals surface area contributed by atoms with Crippen LogP contribution < -0.4 is 5.32 Å². The van der Waals surface area contributed by atoms with E-state index in [0.717, 1.165) is 4.88 Å². The number of rotatable bonds is 9. The topological polar surface area (TPSA) is 93.4 Å². The van der Waals surface area contributed by atoms with Gasteiger partial charge in [0.25, 0.3) is 5.89 Å². The highest BCUT2D eigenvalue weighted by molar-refractivity contribution is 7.13. The summed E-state index contributed by atoms with van der Waals surface area (Å²) in [5.74, 6) is 0.680. The van der Waals surface area contributed by atoms with Crippen molar-refractivity contribution < 1.29 is 13.9 Å². The Labute approximate surface area is 165 Å². The summed E-state index contributed by atoms with van der Waals surface area (Å²) >= 11 is 7.50. The number of carbonyl (C=O) groups excluding carboxylic acids is 1. The lowest BCUT2D eigenvalue weighted by atomic mass is 10.4. The monoisotopic (exact) mass is 407 g/mol. The Bertz CT molecular complexity index is 871. The van der Waals surface area contributed by atoms with E-state index >= 15 is 0 Å². The van der Waals surface area contributed by atoms with Gasteiger partial charge in [-0.25, -0.2) is 4.98 Å². The molecule has 3 aromatic heterocycles. The quantitative estimate of drug-likeness (QED) is 0.545. The molecule has 3 aromatic rings. The van der Waals surface area contributed by atoms with Gasteiger partial charge in [0.1, 0.15) is 0 Å². The van der Waals surface area contributed by atoms with E-state index in [9.17, 15) is 4.79 Å². The third kappa shape index (κ3) is 5.57. The van der Waals surface area contributed by atoms with Crippen LogP contribution in [-0.4, -0.2) is 52.8 Å². The second-order valence-corrected chi connectivity index (χ2v) is 6.88. The number of carbonyl (C=O) groups is 1. The molecule has 1 amide bonds. The van der Waals surface area contributed by atoms with Crippen molar-refractivity contribution >= 4 is 34.5 Å². The highest BCUT2D eigenvalue weighted by Crippen LogP contribution is 2.23. The Morgan fingerprint density at radius 3 is 3.00 bits per heavy atom. The lowest BCUT2D eigenvalue weighted by Crippen LogP contribution is -2.35. The smallest absolute Gasteiger partial charge is 0.257 e. The van der Waals surface area contributed by atoms with Crippen LogP contribution in [0.4, 0.5) is 5.69 Å². The fourth-order valence-corrected chi connectivity index (χ4v) is 3.13. The van der Waals surface area contributed by atoms with Crippen LogP contribution in [0.5, 0.6) is 0 Å². The minimum absolute atomic E-state index is 0.116. The van der Waals surface area contributed by atoms with Gasteiger partial charge in [-0.2, -0.15) is 0 Å². The molecule has 0 aliphatic carbocycles. The van der Waals surface area contributed by atoms with Crippen molar-refractivity contribution in [2.24, 2.45) is 0 Å². The number of nitrogens with zero attached hydrogens (tertiary/aromatic N) is 4. The summed E-state index contributed by atoms with van der Waals surface area (Å²) in [4.78, 5) is 19.1. The SMILES string of the molecule is COCCN(CC(=O)Nc1cccnc1Cl)Cc1nnc(-c2cccs2)o1. The van der Waals surface area contributed by atoms with Crippen molar-refractivity contribution in [3.05, 3.63) is 46.9 Å². The molecule has 0 saturated heterocycles. The van der Waals surface area contributed by atoms with Crippen molar-refractivity contribution in [3.63, 3.8) is 0 Å². The number of pyridine rings is 1. The highest BCUT2D eigenvalue weighted by Gasteiger charge is 2.17. The zero-order chi connectivity index (χ0) is 19.1. The lowest BCUT2D eigenvalue weighted by Gasteiger charge is -2.19. The van der Waals surface area contributed by atoms with Crippen LogP contribution >= 0.6 is 22.9 Å². The van der Waals surface area contributed by atoms with E-state index in [-0.39, 0.29) is 17.6 Å². The maximum Gasteiger partial charge on any atom is 0.257 e. The molecule has 27 heavy (non-hydrogen) atoms. The second kappa shape index (κ2) is 9.56. The predicted molar refractivity (Wildman–Crippen MR) is 103 cm³/mol. The summed E-state index contributed by atoms with van der Waals surface area (Å²) in [6.07, 6.45) is 1.56. The number of thiophene rings is 1. The number of anilines is 1. The zero-order valence-electron chi connectivity index (χ0n) is 14.6. The molecule has 3 rings (SSSR count). The summed E-state index contributed by atoms with van der Waals surface area (Å²) in [6.45, 7) is 1.44. The molecule has 0 aliphatic rings. The number of hydrogen-bond donors (Lipinski definition) is 1. The average molecular weight is 408 g/mol. The molecule has 0 aromatic carbocycles. The molecular formula is C17H18ClN5O3S. The van der Waals surface area contributed by atoms with Gasteiger partial charge in [0, 0.05) is 19.9 Å². The molecule has 0 radical (unpaired) electrons. The van der Waals surface area contributed by atoms with Crippen LogP contribution in [-0.2, 0) is 16.1 Å². The van der Waals surface area contributed by atoms with E-state index in [4.69, 9.17) is 20.8 Å². The molecule has 0 aliphatic heterocycles. The van der Waals surface area contributed by atoms with Crippen molar-refractivity contribution in [1.29, 1.82) is 0 Å². The van der Waals surface area contributed by atoms with E-state index in [1.54, 1.807) is 25.4 Å². The molecule has 0 bridgehead atoms. The van der Waals surface area contributed by atoms with E-state index < -0.39 is 0 Å². The molecule has 0 fully saturated rings. The molecular weight excluding hydrogens is 390 g/mol. The first kappa shape index (κ1) is 19.4. The Hall–Kier alpha value is -2.33. The molecule has 10 heteroatoms. The molecule has 3 heterocycles. The number of hydrogen-bond acceptors (Lipinski definition) is 8. The summed E-state index contributed by atoms with van der Waals surface area (Å²) < 4.78 is 10.8. The van der Waals surface area contributed by atoms with Gasteiger partial charge >= 0.3 is 0 Å². The van der Waals surface area contributed by atoms with Crippen LogP contribution in [0.15, 0.2) is 40.3 Å². The van der Waals surface area contributed by atoms with Gasteiger partial charge in [-0.05, 0) is 23.6 Å². The van der Waals surface area contributed by atoms with Gasteiger partial charge in [-0.15, -0.1) is 21.5 Å². The Morgan fingerprint density at radius 2 is 2.26 bits per heavy atom. The zero-order valence-corrected chi connectivity index (χ0v) is 16.2. The lowest BCUT2D eigenvalue weighted by molar-refractivity contribution is -0.117. The predicted octanol–water partition coefficient (Wildman–Crippen LogP) is 2.93. The van der Waals surface area contributed by atoms with Crippen molar-refractivity contribution in [3.8, 4) is 10.8 Å². The first-order valence-electron chi connectivity index (χ1n) is 8.13. The van der Waals surface area contributed by atoms with Crippen LogP contribution in [0, 0.1) is 0 Å². The number of nitrogens with one attached hydrogen (secondary N) is 1. The van der Waals surface area contributed by atoms with E-state index in [0.29, 0.717) is 37.2 Å². The molecule has 0 spiro atoms. The number of ether oxygens (including phenoxy) is 1. The van der Waals surface area contributed by atoms with Gasteiger partial charge in [0.15, 0.2) is 5.15 Å². The molecule has 0 atom stereocenters. The third-order valence-electron chi connectivity index (χ3n) is 3.57. The van der Waals surface area contributed by atoms with Crippen molar-refractivity contribution in [2.45, 2.75) is 6.54 Å². The van der Waals surface area contributed by atoms with E-state index in [2.05, 4.69) is 20.5 Å². The molecule has 142 valence electrons. The van der Waals surface area contributed by atoms with Crippen LogP contribution in [0.1, 0.15) is 5.89 Å². The average Bonchev–Trinajstić information content (AvgIpc) is 3.33. The maximum absolute atomic E-state index is 12.4. The second-order valence-electron chi connectivity index (χ2n) is 5.57. The molecule has 0 saturated carbocycles. The largest absolute Gasteiger partial charge is 0.419 e. The summed E-state index contributed by atoms with van der Waals surface area (Å²) in [5.41, 5.74) is 0.466. The minimum atomic E-state index is -0.223. The number of methoxy groups -OCH3 is 1. The van der Waals surface area contributed by atoms with Gasteiger partial charge < -0.3 is 14.5 Å². The Kier molecular flexibility index (Phi) is 6.88. The molecule has 0 unspecified atom stereocenters. The first-order valence-corrected chi connectivity index (χ1v) is 9.39. The Balaban J connectivity index is 1.63. The van der Waals surface area contributed by atoms with Gasteiger partial charge in [0.2, 0.25) is 11.8 Å². The summed E-state index contributed by atoms with van der Waals surface area (Å²) in [5, 5.41) is 13.1. The summed E-state index contributed by atoms with van der Waals surface area (Å²) in [7, 11) is 1.61. The van der Waals surface area contributed by atoms with Gasteiger partial charge in [-0.3, -0.25) is 9.69 Å². The first-order chi connectivity index (χ1) is 13.2.